The number of carbonyl (C=O) groups excluding carboxylic acids is 3. The van der Waals surface area contributed by atoms with Gasteiger partial charge in [-0.3, -0.25) is 14.4 Å². The highest BCUT2D eigenvalue weighted by Crippen LogP contribution is 2.37. The molecule has 2 fully saturated rings. The van der Waals surface area contributed by atoms with Crippen LogP contribution in [0.3, 0.4) is 0 Å². The number of piperazine rings is 1. The number of rotatable bonds is 3. The van der Waals surface area contributed by atoms with E-state index in [4.69, 9.17) is 0 Å². The summed E-state index contributed by atoms with van der Waals surface area (Å²) in [5, 5.41) is 2.93. The van der Waals surface area contributed by atoms with Gasteiger partial charge >= 0.3 is 0 Å². The van der Waals surface area contributed by atoms with Gasteiger partial charge in [-0.05, 0) is 31.0 Å². The van der Waals surface area contributed by atoms with Crippen LogP contribution in [0, 0.1) is 0 Å². The zero-order chi connectivity index (χ0) is 19.8. The topological polar surface area (TPSA) is 77.4 Å². The highest BCUT2D eigenvalue weighted by Gasteiger charge is 2.36. The number of nitrogens with zero attached hydrogens (tertiary/aromatic N) is 3. The van der Waals surface area contributed by atoms with E-state index in [2.05, 4.69) is 17.3 Å². The number of fused-ring (bicyclic) bond motifs is 3. The van der Waals surface area contributed by atoms with Crippen LogP contribution in [0.5, 0.6) is 0 Å². The number of nitrogens with one attached hydrogen (secondary N) is 2. The van der Waals surface area contributed by atoms with Crippen molar-refractivity contribution in [2.75, 3.05) is 63.6 Å². The Hall–Kier alpha value is -2.61. The molecular weight excluding hydrogens is 358 g/mol. The fourth-order valence-electron chi connectivity index (χ4n) is 4.30. The van der Waals surface area contributed by atoms with Crippen LogP contribution in [0.1, 0.15) is 23.2 Å². The molecule has 0 unspecified atom stereocenters. The summed E-state index contributed by atoms with van der Waals surface area (Å²) in [6.45, 7) is 4.26. The molecule has 0 radical (unpaired) electrons. The van der Waals surface area contributed by atoms with E-state index in [1.54, 1.807) is 19.2 Å². The molecule has 150 valence electrons. The van der Waals surface area contributed by atoms with Crippen LogP contribution in [0.4, 0.5) is 11.4 Å². The molecule has 0 aliphatic carbocycles. The molecule has 0 aromatic heterocycles. The summed E-state index contributed by atoms with van der Waals surface area (Å²) < 4.78 is 0. The van der Waals surface area contributed by atoms with E-state index in [0.717, 1.165) is 51.3 Å². The number of carbonyl (C=O) groups is 3. The zero-order valence-electron chi connectivity index (χ0n) is 16.5. The van der Waals surface area contributed by atoms with E-state index in [1.807, 2.05) is 11.0 Å². The predicted octanol–water partition coefficient (Wildman–Crippen LogP) is -0.964. The molecule has 28 heavy (non-hydrogen) atoms. The van der Waals surface area contributed by atoms with E-state index in [0.29, 0.717) is 11.3 Å². The third-order valence-corrected chi connectivity index (χ3v) is 6.06. The molecule has 2 saturated heterocycles. The molecule has 3 amide bonds. The minimum atomic E-state index is -0.214. The van der Waals surface area contributed by atoms with Crippen molar-refractivity contribution in [2.24, 2.45) is 0 Å². The second kappa shape index (κ2) is 7.43. The number of anilines is 2. The smallest absolute Gasteiger partial charge is 0.254 e. The Balaban J connectivity index is 1.44. The first-order chi connectivity index (χ1) is 13.4. The number of amides is 3. The predicted molar refractivity (Wildman–Crippen MR) is 106 cm³/mol. The van der Waals surface area contributed by atoms with Crippen molar-refractivity contribution in [1.29, 1.82) is 0 Å². The lowest BCUT2D eigenvalue weighted by Gasteiger charge is -2.33. The summed E-state index contributed by atoms with van der Waals surface area (Å²) >= 11 is 0. The molecule has 8 nitrogen and oxygen atoms in total. The Morgan fingerprint density at radius 1 is 1.25 bits per heavy atom. The van der Waals surface area contributed by atoms with Gasteiger partial charge in [0.15, 0.2) is 0 Å². The van der Waals surface area contributed by atoms with Crippen LogP contribution in [-0.4, -0.2) is 86.9 Å². The third kappa shape index (κ3) is 3.44. The van der Waals surface area contributed by atoms with Gasteiger partial charge in [-0.25, -0.2) is 0 Å². The molecular formula is C20H28N5O3+. The molecule has 3 aliphatic heterocycles. The number of hydrogen-bond donors (Lipinski definition) is 2. The summed E-state index contributed by atoms with van der Waals surface area (Å²) in [4.78, 5) is 44.5. The fourth-order valence-corrected chi connectivity index (χ4v) is 4.30. The fraction of sp³-hybridized carbons (Fsp3) is 0.550. The first kappa shape index (κ1) is 18.7. The van der Waals surface area contributed by atoms with Crippen molar-refractivity contribution < 1.29 is 19.3 Å². The van der Waals surface area contributed by atoms with Crippen LogP contribution in [-0.2, 0) is 9.59 Å². The monoisotopic (exact) mass is 386 g/mol. The zero-order valence-corrected chi connectivity index (χ0v) is 16.5. The van der Waals surface area contributed by atoms with E-state index in [1.165, 1.54) is 9.80 Å². The second-order valence-electron chi connectivity index (χ2n) is 8.07. The first-order valence-corrected chi connectivity index (χ1v) is 10.00. The van der Waals surface area contributed by atoms with Gasteiger partial charge in [0, 0.05) is 19.2 Å². The maximum absolute atomic E-state index is 12.8. The lowest BCUT2D eigenvalue weighted by molar-refractivity contribution is -0.883. The molecule has 1 aromatic carbocycles. The molecule has 4 rings (SSSR count). The summed E-state index contributed by atoms with van der Waals surface area (Å²) in [7, 11) is 3.77. The maximum atomic E-state index is 12.8. The molecule has 0 bridgehead atoms. The quantitative estimate of drug-likeness (QED) is 0.701. The lowest BCUT2D eigenvalue weighted by Crippen LogP contribution is -3.12. The van der Waals surface area contributed by atoms with Gasteiger partial charge in [-0.15, -0.1) is 0 Å². The summed E-state index contributed by atoms with van der Waals surface area (Å²) in [6, 6.07) is 5.32. The molecule has 2 N–H and O–H groups in total. The molecule has 1 aromatic rings. The van der Waals surface area contributed by atoms with Crippen molar-refractivity contribution in [3.8, 4) is 0 Å². The molecule has 0 saturated carbocycles. The number of benzene rings is 1. The maximum Gasteiger partial charge on any atom is 0.254 e. The Morgan fingerprint density at radius 2 is 2.00 bits per heavy atom. The molecule has 3 aliphatic rings. The Kier molecular flexibility index (Phi) is 4.97. The van der Waals surface area contributed by atoms with E-state index in [9.17, 15) is 14.4 Å². The van der Waals surface area contributed by atoms with E-state index in [-0.39, 0.29) is 30.3 Å². The molecule has 3 heterocycles. The van der Waals surface area contributed by atoms with Crippen molar-refractivity contribution >= 4 is 29.1 Å². The average molecular weight is 386 g/mol. The van der Waals surface area contributed by atoms with Crippen LogP contribution in [0.15, 0.2) is 18.2 Å². The number of likely N-dealkylation sites (N-methyl/N-ethyl adjacent to an activating group) is 2. The first-order valence-electron chi connectivity index (χ1n) is 10.00. The van der Waals surface area contributed by atoms with E-state index >= 15 is 0 Å². The lowest BCUT2D eigenvalue weighted by atomic mass is 10.1. The minimum absolute atomic E-state index is 0.00433. The average Bonchev–Trinajstić information content (AvgIpc) is 3.18. The van der Waals surface area contributed by atoms with Crippen molar-refractivity contribution in [1.82, 2.24) is 9.80 Å². The molecule has 8 heteroatoms. The van der Waals surface area contributed by atoms with Crippen LogP contribution in [0.2, 0.25) is 0 Å². The van der Waals surface area contributed by atoms with Gasteiger partial charge in [-0.2, -0.15) is 0 Å². The van der Waals surface area contributed by atoms with Gasteiger partial charge in [0.25, 0.3) is 5.91 Å². The summed E-state index contributed by atoms with van der Waals surface area (Å²) in [5.41, 5.74) is 2.13. The van der Waals surface area contributed by atoms with E-state index < -0.39 is 0 Å². The second-order valence-corrected chi connectivity index (χ2v) is 8.07. The Labute approximate surface area is 165 Å². The molecule has 0 spiro atoms. The van der Waals surface area contributed by atoms with Crippen LogP contribution in [0.25, 0.3) is 0 Å². The normalized spacial score (nSPS) is 21.8. The largest absolute Gasteiger partial charge is 0.358 e. The Bertz CT molecular complexity index is 803. The molecule has 1 atom stereocenters. The standard InChI is InChI=1S/C20H27N5O3/c1-22-8-10-24(11-9-22)18(26)13-23(2)20(28)14-5-6-16-15(12-14)21-19(27)17-4-3-7-25(16)17/h5-6,12,17H,3-4,7-11,13H2,1-2H3,(H,21,27)/p+1/t17-/m1/s1. The number of quaternary nitrogens is 1. The Morgan fingerprint density at radius 3 is 2.75 bits per heavy atom. The van der Waals surface area contributed by atoms with Gasteiger partial charge in [0.05, 0.1) is 51.1 Å². The van der Waals surface area contributed by atoms with Gasteiger partial charge < -0.3 is 24.9 Å². The summed E-state index contributed by atoms with van der Waals surface area (Å²) in [5.74, 6) is -0.237. The van der Waals surface area contributed by atoms with Crippen molar-refractivity contribution in [2.45, 2.75) is 18.9 Å². The highest BCUT2D eigenvalue weighted by atomic mass is 16.2. The van der Waals surface area contributed by atoms with Crippen molar-refractivity contribution in [3.63, 3.8) is 0 Å². The minimum Gasteiger partial charge on any atom is -0.358 e. The number of hydrogen-bond acceptors (Lipinski definition) is 4. The SMILES string of the molecule is CN(CC(=O)N1CC[NH+](C)CC1)C(=O)c1ccc2c(c1)NC(=O)[C@H]1CCCN21. The third-order valence-electron chi connectivity index (χ3n) is 6.06. The summed E-state index contributed by atoms with van der Waals surface area (Å²) in [6.07, 6.45) is 1.86. The van der Waals surface area contributed by atoms with Gasteiger partial charge in [0.1, 0.15) is 6.04 Å². The van der Waals surface area contributed by atoms with Crippen LogP contribution >= 0.6 is 0 Å². The van der Waals surface area contributed by atoms with Crippen molar-refractivity contribution in [3.05, 3.63) is 23.8 Å². The highest BCUT2D eigenvalue weighted by molar-refractivity contribution is 6.06. The van der Waals surface area contributed by atoms with Crippen LogP contribution < -0.4 is 15.1 Å². The van der Waals surface area contributed by atoms with Gasteiger partial charge in [0.2, 0.25) is 11.8 Å². The van der Waals surface area contributed by atoms with Gasteiger partial charge in [-0.1, -0.05) is 0 Å².